The highest BCUT2D eigenvalue weighted by Gasteiger charge is 2.76. The second kappa shape index (κ2) is 12.4. The zero-order valence-corrected chi connectivity index (χ0v) is 26.1. The normalized spacial score (nSPS) is 33.6. The topological polar surface area (TPSA) is 103 Å². The number of anilines is 1. The summed E-state index contributed by atoms with van der Waals surface area (Å²) in [5, 5.41) is 10.7. The molecule has 238 valence electrons. The summed E-state index contributed by atoms with van der Waals surface area (Å²) in [5.41, 5.74) is -1.64. The third-order valence-electron chi connectivity index (χ3n) is 10.7. The Bertz CT molecular complexity index is 1300. The van der Waals surface area contributed by atoms with Crippen LogP contribution in [0.3, 0.4) is 0 Å². The second-order valence-electron chi connectivity index (χ2n) is 12.8. The standard InChI is InChI=1S/C34H46N4O6/c1-4-24(3)26(23-39)38-29-32(42)36(18-17-35-19-21-43-22-20-35)15-10-14-34(29)28(31(38)41)27-30(40)37(25-11-7-6-8-12-25)16-9-13-33(27,5-2)44-34/h6-14,24,26-29,39H,4-5,15-23H2,1-3H3/t24-,26-,27+,28-,29?,33-,34-/m0/s1. The molecule has 10 nitrogen and oxygen atoms in total. The van der Waals surface area contributed by atoms with Crippen molar-refractivity contribution in [2.24, 2.45) is 17.8 Å². The minimum Gasteiger partial charge on any atom is -0.394 e. The third-order valence-corrected chi connectivity index (χ3v) is 10.7. The maximum atomic E-state index is 14.9. The number of carbonyl (C=O) groups excluding carboxylic acids is 3. The number of carbonyl (C=O) groups is 3. The molecule has 0 saturated carbocycles. The highest BCUT2D eigenvalue weighted by molar-refractivity contribution is 6.04. The summed E-state index contributed by atoms with van der Waals surface area (Å²) in [6, 6.07) is 7.92. The fourth-order valence-corrected chi connectivity index (χ4v) is 8.05. The van der Waals surface area contributed by atoms with Crippen molar-refractivity contribution in [1.82, 2.24) is 14.7 Å². The first-order valence-corrected chi connectivity index (χ1v) is 16.3. The molecule has 7 atom stereocenters. The van der Waals surface area contributed by atoms with Gasteiger partial charge in [-0.15, -0.1) is 0 Å². The van der Waals surface area contributed by atoms with Gasteiger partial charge >= 0.3 is 0 Å². The number of likely N-dealkylation sites (tertiary alicyclic amines) is 1. The van der Waals surface area contributed by atoms with Gasteiger partial charge in [0, 0.05) is 45.0 Å². The van der Waals surface area contributed by atoms with Gasteiger partial charge in [-0.2, -0.15) is 0 Å². The Morgan fingerprint density at radius 2 is 1.66 bits per heavy atom. The zero-order valence-electron chi connectivity index (χ0n) is 26.1. The summed E-state index contributed by atoms with van der Waals surface area (Å²) in [7, 11) is 0. The maximum Gasteiger partial charge on any atom is 0.249 e. The number of morpholine rings is 1. The number of fused-ring (bicyclic) bond motifs is 2. The summed E-state index contributed by atoms with van der Waals surface area (Å²) in [6.45, 7) is 10.6. The lowest BCUT2D eigenvalue weighted by Gasteiger charge is -2.42. The summed E-state index contributed by atoms with van der Waals surface area (Å²) in [6.07, 6.45) is 8.94. The lowest BCUT2D eigenvalue weighted by atomic mass is 9.73. The van der Waals surface area contributed by atoms with E-state index in [4.69, 9.17) is 9.47 Å². The molecule has 1 N–H and O–H groups in total. The van der Waals surface area contributed by atoms with E-state index in [9.17, 15) is 19.5 Å². The van der Waals surface area contributed by atoms with E-state index in [1.54, 1.807) is 9.80 Å². The Labute approximate surface area is 260 Å². The number of para-hydroxylation sites is 1. The van der Waals surface area contributed by atoms with E-state index in [2.05, 4.69) is 4.90 Å². The van der Waals surface area contributed by atoms with Crippen LogP contribution in [0.2, 0.25) is 0 Å². The largest absolute Gasteiger partial charge is 0.394 e. The molecule has 0 bridgehead atoms. The minimum atomic E-state index is -1.34. The molecule has 0 aliphatic carbocycles. The molecule has 5 heterocycles. The van der Waals surface area contributed by atoms with E-state index >= 15 is 0 Å². The molecule has 3 amide bonds. The molecule has 5 aliphatic heterocycles. The quantitative estimate of drug-likeness (QED) is 0.430. The molecule has 0 radical (unpaired) electrons. The predicted molar refractivity (Wildman–Crippen MR) is 166 cm³/mol. The van der Waals surface area contributed by atoms with Crippen LogP contribution in [-0.4, -0.2) is 120 Å². The van der Waals surface area contributed by atoms with Gasteiger partial charge in [0.2, 0.25) is 17.7 Å². The Kier molecular flexibility index (Phi) is 8.71. The number of amides is 3. The predicted octanol–water partition coefficient (Wildman–Crippen LogP) is 2.09. The third kappa shape index (κ3) is 4.90. The number of benzene rings is 1. The number of hydrogen-bond donors (Lipinski definition) is 1. The number of rotatable bonds is 9. The highest BCUT2D eigenvalue weighted by atomic mass is 16.5. The van der Waals surface area contributed by atoms with E-state index < -0.39 is 35.1 Å². The van der Waals surface area contributed by atoms with Gasteiger partial charge in [0.05, 0.1) is 43.3 Å². The highest BCUT2D eigenvalue weighted by Crippen LogP contribution is 2.59. The molecule has 5 aliphatic rings. The Balaban J connectivity index is 1.43. The summed E-state index contributed by atoms with van der Waals surface area (Å²) in [4.78, 5) is 51.7. The summed E-state index contributed by atoms with van der Waals surface area (Å²) >= 11 is 0. The van der Waals surface area contributed by atoms with Gasteiger partial charge in [0.25, 0.3) is 0 Å². The van der Waals surface area contributed by atoms with Gasteiger partial charge in [-0.1, -0.05) is 69.7 Å². The summed E-state index contributed by atoms with van der Waals surface area (Å²) < 4.78 is 12.6. The van der Waals surface area contributed by atoms with Crippen LogP contribution in [0.5, 0.6) is 0 Å². The SMILES string of the molecule is CC[C@H](C)[C@H](CO)N1C(=O)[C@@H]2[C@@H]3C(=O)N(c4ccccc4)CC=C[C@]3(CC)O[C@@]23C=CCN(CCN2CCOCC2)C(=O)C13. The van der Waals surface area contributed by atoms with Crippen LogP contribution < -0.4 is 4.90 Å². The molecule has 44 heavy (non-hydrogen) atoms. The van der Waals surface area contributed by atoms with Crippen LogP contribution in [0, 0.1) is 17.8 Å². The lowest BCUT2D eigenvalue weighted by molar-refractivity contribution is -0.157. The van der Waals surface area contributed by atoms with Gasteiger partial charge < -0.3 is 29.3 Å². The number of hydrogen-bond acceptors (Lipinski definition) is 7. The van der Waals surface area contributed by atoms with Crippen LogP contribution in [0.25, 0.3) is 0 Å². The van der Waals surface area contributed by atoms with E-state index in [1.807, 2.05) is 80.3 Å². The summed E-state index contributed by atoms with van der Waals surface area (Å²) in [5.74, 6) is -2.48. The number of aliphatic hydroxyl groups is 1. The Hall–Kier alpha value is -3.05. The molecule has 1 aromatic carbocycles. The van der Waals surface area contributed by atoms with Crippen molar-refractivity contribution in [2.45, 2.75) is 56.9 Å². The Morgan fingerprint density at radius 1 is 0.932 bits per heavy atom. The van der Waals surface area contributed by atoms with E-state index in [0.717, 1.165) is 25.2 Å². The molecule has 1 aromatic rings. The number of aliphatic hydroxyl groups excluding tert-OH is 1. The molecule has 3 fully saturated rings. The van der Waals surface area contributed by atoms with Crippen molar-refractivity contribution in [3.63, 3.8) is 0 Å². The zero-order chi connectivity index (χ0) is 31.1. The fraction of sp³-hybridized carbons (Fsp3) is 0.618. The molecule has 1 unspecified atom stereocenters. The molecule has 1 spiro atoms. The fourth-order valence-electron chi connectivity index (χ4n) is 8.05. The van der Waals surface area contributed by atoms with Crippen LogP contribution >= 0.6 is 0 Å². The smallest absolute Gasteiger partial charge is 0.249 e. The molecule has 10 heteroatoms. The average Bonchev–Trinajstić information content (AvgIpc) is 3.34. The Morgan fingerprint density at radius 3 is 2.34 bits per heavy atom. The van der Waals surface area contributed by atoms with E-state index in [1.165, 1.54) is 0 Å². The van der Waals surface area contributed by atoms with Crippen molar-refractivity contribution >= 4 is 23.4 Å². The van der Waals surface area contributed by atoms with Gasteiger partial charge in [0.15, 0.2) is 0 Å². The van der Waals surface area contributed by atoms with Crippen molar-refractivity contribution in [2.75, 3.05) is 64.0 Å². The minimum absolute atomic E-state index is 0.0665. The maximum absolute atomic E-state index is 14.9. The molecule has 0 aromatic heterocycles. The van der Waals surface area contributed by atoms with Crippen LogP contribution in [0.4, 0.5) is 5.69 Å². The molecular formula is C34H46N4O6. The van der Waals surface area contributed by atoms with Crippen molar-refractivity contribution in [3.05, 3.63) is 54.6 Å². The number of ether oxygens (including phenoxy) is 2. The first kappa shape index (κ1) is 31.0. The lowest BCUT2D eigenvalue weighted by Crippen LogP contribution is -2.60. The van der Waals surface area contributed by atoms with Crippen molar-refractivity contribution in [1.29, 1.82) is 0 Å². The molecule has 6 rings (SSSR count). The molecule has 3 saturated heterocycles. The first-order valence-electron chi connectivity index (χ1n) is 16.3. The van der Waals surface area contributed by atoms with E-state index in [-0.39, 0.29) is 30.2 Å². The van der Waals surface area contributed by atoms with Crippen LogP contribution in [0.1, 0.15) is 33.6 Å². The van der Waals surface area contributed by atoms with E-state index in [0.29, 0.717) is 45.8 Å². The van der Waals surface area contributed by atoms with Crippen LogP contribution in [0.15, 0.2) is 54.6 Å². The average molecular weight is 607 g/mol. The number of nitrogens with zero attached hydrogens (tertiary/aromatic N) is 4. The second-order valence-corrected chi connectivity index (χ2v) is 12.8. The van der Waals surface area contributed by atoms with Crippen molar-refractivity contribution < 1.29 is 29.0 Å². The monoisotopic (exact) mass is 606 g/mol. The van der Waals surface area contributed by atoms with Gasteiger partial charge in [-0.3, -0.25) is 19.3 Å². The van der Waals surface area contributed by atoms with Crippen molar-refractivity contribution in [3.8, 4) is 0 Å². The van der Waals surface area contributed by atoms with Gasteiger partial charge in [-0.05, 0) is 24.5 Å². The first-order chi connectivity index (χ1) is 21.3. The molecular weight excluding hydrogens is 560 g/mol. The van der Waals surface area contributed by atoms with Crippen LogP contribution in [-0.2, 0) is 23.9 Å². The van der Waals surface area contributed by atoms with Gasteiger partial charge in [-0.25, -0.2) is 0 Å². The van der Waals surface area contributed by atoms with Gasteiger partial charge in [0.1, 0.15) is 11.6 Å².